The lowest BCUT2D eigenvalue weighted by Crippen LogP contribution is -2.34. The molecule has 3 rings (SSSR count). The molecule has 0 radical (unpaired) electrons. The zero-order chi connectivity index (χ0) is 19.8. The van der Waals surface area contributed by atoms with Crippen LogP contribution in [0.1, 0.15) is 57.1 Å². The van der Waals surface area contributed by atoms with Gasteiger partial charge in [-0.3, -0.25) is 4.90 Å². The number of piperidine rings is 1. The van der Waals surface area contributed by atoms with Gasteiger partial charge in [-0.2, -0.15) is 5.26 Å². The molecule has 0 amide bonds. The summed E-state index contributed by atoms with van der Waals surface area (Å²) in [7, 11) is 0. The summed E-state index contributed by atoms with van der Waals surface area (Å²) in [6.45, 7) is 7.86. The van der Waals surface area contributed by atoms with Crippen molar-refractivity contribution in [3.05, 3.63) is 71.8 Å². The van der Waals surface area contributed by atoms with E-state index in [4.69, 9.17) is 0 Å². The van der Waals surface area contributed by atoms with E-state index in [0.29, 0.717) is 5.92 Å². The van der Waals surface area contributed by atoms with Gasteiger partial charge in [-0.25, -0.2) is 0 Å². The van der Waals surface area contributed by atoms with Crippen LogP contribution in [0.3, 0.4) is 0 Å². The highest BCUT2D eigenvalue weighted by molar-refractivity contribution is 5.33. The molecule has 0 N–H and O–H groups in total. The van der Waals surface area contributed by atoms with E-state index < -0.39 is 0 Å². The van der Waals surface area contributed by atoms with Crippen molar-refractivity contribution in [1.29, 1.82) is 5.26 Å². The van der Waals surface area contributed by atoms with Gasteiger partial charge in [0.1, 0.15) is 0 Å². The van der Waals surface area contributed by atoms with E-state index in [9.17, 15) is 5.26 Å². The summed E-state index contributed by atoms with van der Waals surface area (Å²) in [6.07, 6.45) is 5.94. The first-order valence-electron chi connectivity index (χ1n) is 10.9. The summed E-state index contributed by atoms with van der Waals surface area (Å²) in [4.78, 5) is 2.59. The molecule has 2 aromatic rings. The lowest BCUT2D eigenvalue weighted by atomic mass is 9.69. The fraction of sp³-hybridized carbons (Fsp3) is 0.500. The Kier molecular flexibility index (Phi) is 7.29. The van der Waals surface area contributed by atoms with E-state index >= 15 is 0 Å². The Morgan fingerprint density at radius 1 is 1.00 bits per heavy atom. The molecule has 1 atom stereocenters. The molecule has 1 saturated heterocycles. The average Bonchev–Trinajstić information content (AvgIpc) is 2.74. The zero-order valence-corrected chi connectivity index (χ0v) is 17.5. The molecule has 0 saturated carbocycles. The minimum atomic E-state index is -0.352. The standard InChI is InChI=1S/C26H34N2/c1-22(2)26(21-27,25-13-7-4-8-14-25)17-9-12-23-15-18-28(19-16-23)20-24-10-5-3-6-11-24/h3-8,10-11,13-14,22-23H,9,12,15-20H2,1-2H3. The molecule has 2 aromatic carbocycles. The smallest absolute Gasteiger partial charge is 0.0845 e. The van der Waals surface area contributed by atoms with Crippen LogP contribution in [0.2, 0.25) is 0 Å². The van der Waals surface area contributed by atoms with Crippen LogP contribution in [0, 0.1) is 23.2 Å². The first-order chi connectivity index (χ1) is 13.6. The Morgan fingerprint density at radius 2 is 1.61 bits per heavy atom. The van der Waals surface area contributed by atoms with Gasteiger partial charge in [0.05, 0.1) is 11.5 Å². The summed E-state index contributed by atoms with van der Waals surface area (Å²) < 4.78 is 0. The molecule has 28 heavy (non-hydrogen) atoms. The normalized spacial score (nSPS) is 17.9. The van der Waals surface area contributed by atoms with E-state index in [1.54, 1.807) is 0 Å². The van der Waals surface area contributed by atoms with Crippen LogP contribution in [-0.4, -0.2) is 18.0 Å². The molecule has 0 bridgehead atoms. The second-order valence-electron chi connectivity index (χ2n) is 8.70. The third kappa shape index (κ3) is 5.03. The number of rotatable bonds is 8. The number of benzene rings is 2. The van der Waals surface area contributed by atoms with Crippen LogP contribution in [0.5, 0.6) is 0 Å². The number of hydrogen-bond donors (Lipinski definition) is 0. The van der Waals surface area contributed by atoms with Crippen LogP contribution in [0.4, 0.5) is 0 Å². The van der Waals surface area contributed by atoms with Gasteiger partial charge in [-0.1, -0.05) is 87.4 Å². The Balaban J connectivity index is 1.49. The first-order valence-corrected chi connectivity index (χ1v) is 10.9. The van der Waals surface area contributed by atoms with Crippen LogP contribution in [-0.2, 0) is 12.0 Å². The van der Waals surface area contributed by atoms with Crippen molar-refractivity contribution in [2.24, 2.45) is 11.8 Å². The highest BCUT2D eigenvalue weighted by Crippen LogP contribution is 2.38. The number of nitrogens with zero attached hydrogens (tertiary/aromatic N) is 2. The number of nitriles is 1. The predicted octanol–water partition coefficient (Wildman–Crippen LogP) is 6.19. The van der Waals surface area contributed by atoms with Gasteiger partial charge in [-0.15, -0.1) is 0 Å². The summed E-state index contributed by atoms with van der Waals surface area (Å²) in [6, 6.07) is 23.9. The molecule has 1 heterocycles. The number of likely N-dealkylation sites (tertiary alicyclic amines) is 1. The fourth-order valence-electron chi connectivity index (χ4n) is 4.70. The average molecular weight is 375 g/mol. The monoisotopic (exact) mass is 374 g/mol. The van der Waals surface area contributed by atoms with Crippen LogP contribution >= 0.6 is 0 Å². The van der Waals surface area contributed by atoms with Crippen molar-refractivity contribution >= 4 is 0 Å². The van der Waals surface area contributed by atoms with Crippen LogP contribution in [0.25, 0.3) is 0 Å². The fourth-order valence-corrected chi connectivity index (χ4v) is 4.70. The van der Waals surface area contributed by atoms with E-state index in [2.05, 4.69) is 79.4 Å². The van der Waals surface area contributed by atoms with Gasteiger partial charge < -0.3 is 0 Å². The predicted molar refractivity (Wildman–Crippen MR) is 117 cm³/mol. The maximum Gasteiger partial charge on any atom is 0.0845 e. The quantitative estimate of drug-likeness (QED) is 0.551. The molecule has 0 aliphatic carbocycles. The van der Waals surface area contributed by atoms with Gasteiger partial charge in [0.15, 0.2) is 0 Å². The Morgan fingerprint density at radius 3 is 2.18 bits per heavy atom. The van der Waals surface area contributed by atoms with Gasteiger partial charge in [0.25, 0.3) is 0 Å². The highest BCUT2D eigenvalue weighted by atomic mass is 15.1. The van der Waals surface area contributed by atoms with Crippen molar-refractivity contribution in [3.8, 4) is 6.07 Å². The molecule has 0 aromatic heterocycles. The molecule has 0 spiro atoms. The maximum absolute atomic E-state index is 10.1. The molecule has 1 aliphatic rings. The van der Waals surface area contributed by atoms with E-state index in [1.807, 2.05) is 6.07 Å². The van der Waals surface area contributed by atoms with Crippen molar-refractivity contribution < 1.29 is 0 Å². The van der Waals surface area contributed by atoms with Gasteiger partial charge in [0.2, 0.25) is 0 Å². The summed E-state index contributed by atoms with van der Waals surface area (Å²) in [5, 5.41) is 10.1. The third-order valence-electron chi connectivity index (χ3n) is 6.61. The molecule has 2 heteroatoms. The third-order valence-corrected chi connectivity index (χ3v) is 6.61. The van der Waals surface area contributed by atoms with Crippen LogP contribution < -0.4 is 0 Å². The molecule has 148 valence electrons. The number of hydrogen-bond acceptors (Lipinski definition) is 2. The van der Waals surface area contributed by atoms with Crippen molar-refractivity contribution in [2.45, 2.75) is 57.9 Å². The Hall–Kier alpha value is -2.11. The lowest BCUT2D eigenvalue weighted by Gasteiger charge is -2.34. The van der Waals surface area contributed by atoms with Crippen molar-refractivity contribution in [1.82, 2.24) is 4.90 Å². The van der Waals surface area contributed by atoms with Crippen molar-refractivity contribution in [2.75, 3.05) is 13.1 Å². The summed E-state index contributed by atoms with van der Waals surface area (Å²) in [5.74, 6) is 1.14. The van der Waals surface area contributed by atoms with Gasteiger partial charge >= 0.3 is 0 Å². The lowest BCUT2D eigenvalue weighted by molar-refractivity contribution is 0.168. The molecule has 1 aliphatic heterocycles. The Labute approximate surface area is 171 Å². The van der Waals surface area contributed by atoms with Crippen molar-refractivity contribution in [3.63, 3.8) is 0 Å². The second kappa shape index (κ2) is 9.89. The van der Waals surface area contributed by atoms with Gasteiger partial charge in [-0.05, 0) is 55.3 Å². The van der Waals surface area contributed by atoms with Gasteiger partial charge in [0, 0.05) is 6.54 Å². The first kappa shape index (κ1) is 20.6. The molecular formula is C26H34N2. The zero-order valence-electron chi connectivity index (χ0n) is 17.5. The minimum absolute atomic E-state index is 0.326. The topological polar surface area (TPSA) is 27.0 Å². The molecule has 2 nitrogen and oxygen atoms in total. The minimum Gasteiger partial charge on any atom is -0.299 e. The maximum atomic E-state index is 10.1. The second-order valence-corrected chi connectivity index (χ2v) is 8.70. The highest BCUT2D eigenvalue weighted by Gasteiger charge is 2.35. The summed E-state index contributed by atoms with van der Waals surface area (Å²) in [5.41, 5.74) is 2.25. The molecule has 1 unspecified atom stereocenters. The summed E-state index contributed by atoms with van der Waals surface area (Å²) >= 11 is 0. The Bertz CT molecular complexity index is 739. The van der Waals surface area contributed by atoms with E-state index in [1.165, 1.54) is 43.5 Å². The molecule has 1 fully saturated rings. The van der Waals surface area contributed by atoms with E-state index in [-0.39, 0.29) is 5.41 Å². The largest absolute Gasteiger partial charge is 0.299 e. The molecular weight excluding hydrogens is 340 g/mol. The SMILES string of the molecule is CC(C)C(C#N)(CCCC1CCN(Cc2ccccc2)CC1)c1ccccc1. The van der Waals surface area contributed by atoms with Crippen LogP contribution in [0.15, 0.2) is 60.7 Å². The van der Waals surface area contributed by atoms with E-state index in [0.717, 1.165) is 25.3 Å².